The minimum atomic E-state index is -0.0613. The van der Waals surface area contributed by atoms with Crippen LogP contribution in [0.3, 0.4) is 0 Å². The molecule has 0 aromatic carbocycles. The average molecular weight is 305 g/mol. The van der Waals surface area contributed by atoms with Gasteiger partial charge in [0.1, 0.15) is 6.10 Å². The molecule has 118 valence electrons. The number of hydrogen-bond donors (Lipinski definition) is 0. The van der Waals surface area contributed by atoms with Gasteiger partial charge in [-0.3, -0.25) is 9.59 Å². The van der Waals surface area contributed by atoms with E-state index in [1.54, 1.807) is 28.1 Å². The lowest BCUT2D eigenvalue weighted by molar-refractivity contribution is -0.119. The van der Waals surface area contributed by atoms with Gasteiger partial charge in [0.2, 0.25) is 12.3 Å². The lowest BCUT2D eigenvalue weighted by atomic mass is 10.2. The molecule has 0 radical (unpaired) electrons. The third-order valence-electron chi connectivity index (χ3n) is 3.91. The minimum Gasteiger partial charge on any atom is -0.472 e. The zero-order valence-electron chi connectivity index (χ0n) is 12.3. The largest absolute Gasteiger partial charge is 0.472 e. The van der Waals surface area contributed by atoms with Crippen LogP contribution in [-0.2, 0) is 9.53 Å². The number of rotatable bonds is 4. The highest BCUT2D eigenvalue weighted by Crippen LogP contribution is 2.16. The zero-order chi connectivity index (χ0) is 15.4. The van der Waals surface area contributed by atoms with Crippen molar-refractivity contribution in [2.75, 3.05) is 39.4 Å². The van der Waals surface area contributed by atoms with E-state index in [0.29, 0.717) is 50.8 Å². The Balaban J connectivity index is 1.57. The van der Waals surface area contributed by atoms with E-state index in [2.05, 4.69) is 4.98 Å². The predicted molar refractivity (Wildman–Crippen MR) is 77.6 cm³/mol. The number of amides is 2. The number of pyridine rings is 1. The summed E-state index contributed by atoms with van der Waals surface area (Å²) in [7, 11) is 0. The van der Waals surface area contributed by atoms with E-state index in [1.807, 2.05) is 0 Å². The second kappa shape index (κ2) is 6.74. The van der Waals surface area contributed by atoms with Crippen LogP contribution in [-0.4, -0.2) is 72.6 Å². The molecule has 0 N–H and O–H groups in total. The molecule has 7 heteroatoms. The maximum absolute atomic E-state index is 12.4. The van der Waals surface area contributed by atoms with Crippen LogP contribution >= 0.6 is 0 Å². The fraction of sp³-hybridized carbons (Fsp3) is 0.533. The van der Waals surface area contributed by atoms with Gasteiger partial charge in [0.05, 0.1) is 18.8 Å². The van der Waals surface area contributed by atoms with Crippen molar-refractivity contribution in [1.82, 2.24) is 14.8 Å². The molecule has 2 amide bonds. The van der Waals surface area contributed by atoms with Gasteiger partial charge in [-0.05, 0) is 6.07 Å². The normalized spacial score (nSPS) is 21.7. The molecule has 0 spiro atoms. The fourth-order valence-electron chi connectivity index (χ4n) is 2.57. The zero-order valence-corrected chi connectivity index (χ0v) is 12.3. The van der Waals surface area contributed by atoms with Crippen molar-refractivity contribution in [2.24, 2.45) is 0 Å². The molecule has 1 aromatic heterocycles. The summed E-state index contributed by atoms with van der Waals surface area (Å²) in [5, 5.41) is 0. The van der Waals surface area contributed by atoms with Crippen LogP contribution in [0.2, 0.25) is 0 Å². The topological polar surface area (TPSA) is 72.0 Å². The van der Waals surface area contributed by atoms with Gasteiger partial charge >= 0.3 is 0 Å². The summed E-state index contributed by atoms with van der Waals surface area (Å²) in [6, 6.07) is 3.44. The highest BCUT2D eigenvalue weighted by molar-refractivity contribution is 5.94. The molecule has 2 saturated heterocycles. The summed E-state index contributed by atoms with van der Waals surface area (Å²) in [6.45, 7) is 3.55. The van der Waals surface area contributed by atoms with Crippen LogP contribution in [0.25, 0.3) is 0 Å². The Morgan fingerprint density at radius 2 is 2.14 bits per heavy atom. The summed E-state index contributed by atoms with van der Waals surface area (Å²) in [5.41, 5.74) is 0.537. The third kappa shape index (κ3) is 3.36. The van der Waals surface area contributed by atoms with E-state index in [-0.39, 0.29) is 12.0 Å². The van der Waals surface area contributed by atoms with Crippen LogP contribution in [0.5, 0.6) is 5.88 Å². The maximum atomic E-state index is 12.4. The molecule has 2 aliphatic heterocycles. The lowest BCUT2D eigenvalue weighted by Crippen LogP contribution is -2.48. The summed E-state index contributed by atoms with van der Waals surface area (Å²) >= 11 is 0. The molecule has 0 bridgehead atoms. The van der Waals surface area contributed by atoms with Crippen LogP contribution in [0, 0.1) is 0 Å². The van der Waals surface area contributed by atoms with E-state index in [1.165, 1.54) is 0 Å². The first-order valence-corrected chi connectivity index (χ1v) is 7.45. The summed E-state index contributed by atoms with van der Waals surface area (Å²) in [6.07, 6.45) is 3.27. The Labute approximate surface area is 128 Å². The number of carbonyl (C=O) groups is 2. The van der Waals surface area contributed by atoms with Crippen molar-refractivity contribution in [1.29, 1.82) is 0 Å². The van der Waals surface area contributed by atoms with Crippen molar-refractivity contribution >= 4 is 12.3 Å². The first-order valence-electron chi connectivity index (χ1n) is 7.45. The molecule has 22 heavy (non-hydrogen) atoms. The van der Waals surface area contributed by atoms with Gasteiger partial charge in [0.25, 0.3) is 5.91 Å². The van der Waals surface area contributed by atoms with Crippen LogP contribution in [0.4, 0.5) is 0 Å². The molecule has 1 unspecified atom stereocenters. The molecule has 0 aliphatic carbocycles. The van der Waals surface area contributed by atoms with Crippen molar-refractivity contribution in [3.05, 3.63) is 23.9 Å². The number of aromatic nitrogens is 1. The van der Waals surface area contributed by atoms with Crippen LogP contribution in [0.1, 0.15) is 16.8 Å². The molecule has 0 saturated carbocycles. The first kappa shape index (κ1) is 14.8. The first-order chi connectivity index (χ1) is 10.8. The van der Waals surface area contributed by atoms with Gasteiger partial charge in [-0.1, -0.05) is 0 Å². The van der Waals surface area contributed by atoms with Gasteiger partial charge in [-0.2, -0.15) is 0 Å². The molecule has 1 atom stereocenters. The van der Waals surface area contributed by atoms with Crippen molar-refractivity contribution in [3.63, 3.8) is 0 Å². The van der Waals surface area contributed by atoms with E-state index >= 15 is 0 Å². The van der Waals surface area contributed by atoms with Gasteiger partial charge in [0, 0.05) is 44.9 Å². The lowest BCUT2D eigenvalue weighted by Gasteiger charge is -2.32. The van der Waals surface area contributed by atoms with Crippen molar-refractivity contribution in [3.8, 4) is 5.88 Å². The monoisotopic (exact) mass is 305 g/mol. The molecular weight excluding hydrogens is 286 g/mol. The highest BCUT2D eigenvalue weighted by atomic mass is 16.5. The Bertz CT molecular complexity index is 520. The molecule has 3 rings (SSSR count). The fourth-order valence-corrected chi connectivity index (χ4v) is 2.57. The quantitative estimate of drug-likeness (QED) is 0.741. The predicted octanol–water partition coefficient (Wildman–Crippen LogP) is 0.163. The standard InChI is InChI=1S/C15H19N3O4/c19-11-17-4-6-18(7-5-17)15(20)12-1-2-14(16-9-12)22-13-3-8-21-10-13/h1-2,9,11,13H,3-8,10H2. The van der Waals surface area contributed by atoms with Crippen LogP contribution < -0.4 is 4.74 Å². The second-order valence-electron chi connectivity index (χ2n) is 5.42. The number of nitrogens with zero attached hydrogens (tertiary/aromatic N) is 3. The smallest absolute Gasteiger partial charge is 0.255 e. The van der Waals surface area contributed by atoms with E-state index in [9.17, 15) is 9.59 Å². The van der Waals surface area contributed by atoms with Crippen LogP contribution in [0.15, 0.2) is 18.3 Å². The number of carbonyl (C=O) groups excluding carboxylic acids is 2. The third-order valence-corrected chi connectivity index (χ3v) is 3.91. The molecule has 3 heterocycles. The Hall–Kier alpha value is -2.15. The summed E-state index contributed by atoms with van der Waals surface area (Å²) in [4.78, 5) is 30.6. The van der Waals surface area contributed by atoms with E-state index < -0.39 is 0 Å². The van der Waals surface area contributed by atoms with Crippen molar-refractivity contribution < 1.29 is 19.1 Å². The van der Waals surface area contributed by atoms with Gasteiger partial charge < -0.3 is 19.3 Å². The summed E-state index contributed by atoms with van der Waals surface area (Å²) < 4.78 is 10.9. The molecule has 7 nitrogen and oxygen atoms in total. The number of piperazine rings is 1. The second-order valence-corrected chi connectivity index (χ2v) is 5.42. The summed E-state index contributed by atoms with van der Waals surface area (Å²) in [5.74, 6) is 0.451. The maximum Gasteiger partial charge on any atom is 0.255 e. The molecular formula is C15H19N3O4. The molecule has 2 fully saturated rings. The highest BCUT2D eigenvalue weighted by Gasteiger charge is 2.22. The number of ether oxygens (including phenoxy) is 2. The number of hydrogen-bond acceptors (Lipinski definition) is 5. The van der Waals surface area contributed by atoms with Gasteiger partial charge in [-0.15, -0.1) is 0 Å². The van der Waals surface area contributed by atoms with E-state index in [0.717, 1.165) is 12.8 Å². The molecule has 2 aliphatic rings. The molecule has 1 aromatic rings. The Morgan fingerprint density at radius 1 is 1.32 bits per heavy atom. The SMILES string of the molecule is O=CN1CCN(C(=O)c2ccc(OC3CCOC3)nc2)CC1. The Kier molecular flexibility index (Phi) is 4.53. The Morgan fingerprint density at radius 3 is 2.73 bits per heavy atom. The average Bonchev–Trinajstić information content (AvgIpc) is 3.08. The van der Waals surface area contributed by atoms with Crippen molar-refractivity contribution in [2.45, 2.75) is 12.5 Å². The van der Waals surface area contributed by atoms with Gasteiger partial charge in [-0.25, -0.2) is 4.98 Å². The van der Waals surface area contributed by atoms with E-state index in [4.69, 9.17) is 9.47 Å². The van der Waals surface area contributed by atoms with Gasteiger partial charge in [0.15, 0.2) is 0 Å². The minimum absolute atomic E-state index is 0.0467.